The Kier molecular flexibility index (Phi) is 4.03. The van der Waals surface area contributed by atoms with E-state index in [9.17, 15) is 4.79 Å². The second-order valence-corrected chi connectivity index (χ2v) is 7.28. The average Bonchev–Trinajstić information content (AvgIpc) is 3.18. The number of para-hydroxylation sites is 2. The molecular formula is C22H14N4OS. The molecule has 3 aromatic heterocycles. The molecule has 1 N–H and O–H groups in total. The number of hydrogen-bond donors (Lipinski definition) is 1. The fourth-order valence-corrected chi connectivity index (χ4v) is 4.02. The number of fused-ring (bicyclic) bond motifs is 2. The number of carbonyl (C=O) groups is 1. The quantitative estimate of drug-likeness (QED) is 0.468. The van der Waals surface area contributed by atoms with Gasteiger partial charge in [-0.15, -0.1) is 11.3 Å². The van der Waals surface area contributed by atoms with Gasteiger partial charge in [-0.05, 0) is 36.4 Å². The highest BCUT2D eigenvalue weighted by Crippen LogP contribution is 2.30. The Morgan fingerprint density at radius 1 is 0.857 bits per heavy atom. The van der Waals surface area contributed by atoms with Crippen LogP contribution in [-0.4, -0.2) is 20.9 Å². The van der Waals surface area contributed by atoms with Crippen molar-refractivity contribution in [3.05, 3.63) is 84.7 Å². The van der Waals surface area contributed by atoms with Crippen molar-refractivity contribution in [2.75, 3.05) is 5.32 Å². The van der Waals surface area contributed by atoms with Gasteiger partial charge in [0.1, 0.15) is 10.8 Å². The lowest BCUT2D eigenvalue weighted by molar-refractivity contribution is 0.102. The van der Waals surface area contributed by atoms with Gasteiger partial charge in [-0.1, -0.05) is 30.3 Å². The zero-order chi connectivity index (χ0) is 18.9. The maximum atomic E-state index is 12.7. The normalized spacial score (nSPS) is 11.0. The second kappa shape index (κ2) is 6.83. The van der Waals surface area contributed by atoms with E-state index in [2.05, 4.69) is 26.3 Å². The number of aromatic nitrogens is 3. The summed E-state index contributed by atoms with van der Waals surface area (Å²) in [5, 5.41) is 4.58. The van der Waals surface area contributed by atoms with Crippen molar-refractivity contribution in [2.24, 2.45) is 0 Å². The van der Waals surface area contributed by atoms with Gasteiger partial charge >= 0.3 is 0 Å². The van der Waals surface area contributed by atoms with Gasteiger partial charge in [0.15, 0.2) is 0 Å². The minimum absolute atomic E-state index is 0.209. The lowest BCUT2D eigenvalue weighted by Gasteiger charge is -2.07. The van der Waals surface area contributed by atoms with Crippen LogP contribution in [0.25, 0.3) is 31.7 Å². The Balaban J connectivity index is 1.40. The van der Waals surface area contributed by atoms with E-state index in [1.807, 2.05) is 48.5 Å². The third-order valence-electron chi connectivity index (χ3n) is 4.44. The third-order valence-corrected chi connectivity index (χ3v) is 5.53. The van der Waals surface area contributed by atoms with Crippen LogP contribution in [0.15, 0.2) is 79.1 Å². The van der Waals surface area contributed by atoms with Crippen molar-refractivity contribution in [2.45, 2.75) is 0 Å². The van der Waals surface area contributed by atoms with Crippen molar-refractivity contribution < 1.29 is 4.79 Å². The van der Waals surface area contributed by atoms with Gasteiger partial charge in [0.05, 0.1) is 21.3 Å². The number of nitrogens with one attached hydrogen (secondary N) is 1. The number of benzene rings is 2. The SMILES string of the molecule is O=C(Nc1ccc(-c2nc3ccccc3s2)cn1)c1ccnc2ccccc12. The Morgan fingerprint density at radius 3 is 2.50 bits per heavy atom. The van der Waals surface area contributed by atoms with E-state index in [-0.39, 0.29) is 5.91 Å². The maximum Gasteiger partial charge on any atom is 0.257 e. The number of amides is 1. The Morgan fingerprint density at radius 2 is 1.68 bits per heavy atom. The average molecular weight is 382 g/mol. The van der Waals surface area contributed by atoms with Crippen LogP contribution in [0.3, 0.4) is 0 Å². The molecule has 5 rings (SSSR count). The number of thiazole rings is 1. The van der Waals surface area contributed by atoms with Gasteiger partial charge in [0, 0.05) is 23.3 Å². The molecule has 2 aromatic carbocycles. The van der Waals surface area contributed by atoms with E-state index >= 15 is 0 Å². The van der Waals surface area contributed by atoms with Crippen LogP contribution in [0, 0.1) is 0 Å². The van der Waals surface area contributed by atoms with E-state index in [0.29, 0.717) is 11.4 Å². The van der Waals surface area contributed by atoms with Gasteiger partial charge in [0.2, 0.25) is 0 Å². The molecule has 3 heterocycles. The molecule has 0 saturated heterocycles. The molecule has 0 unspecified atom stereocenters. The number of nitrogens with zero attached hydrogens (tertiary/aromatic N) is 3. The number of anilines is 1. The largest absolute Gasteiger partial charge is 0.307 e. The summed E-state index contributed by atoms with van der Waals surface area (Å²) >= 11 is 1.62. The van der Waals surface area contributed by atoms with E-state index in [1.54, 1.807) is 35.9 Å². The molecule has 0 bridgehead atoms. The van der Waals surface area contributed by atoms with Crippen molar-refractivity contribution in [3.63, 3.8) is 0 Å². The second-order valence-electron chi connectivity index (χ2n) is 6.25. The molecule has 0 spiro atoms. The zero-order valence-electron chi connectivity index (χ0n) is 14.7. The summed E-state index contributed by atoms with van der Waals surface area (Å²) < 4.78 is 1.14. The smallest absolute Gasteiger partial charge is 0.257 e. The van der Waals surface area contributed by atoms with Gasteiger partial charge in [-0.3, -0.25) is 9.78 Å². The van der Waals surface area contributed by atoms with Crippen LogP contribution in [0.5, 0.6) is 0 Å². The molecule has 0 saturated carbocycles. The molecule has 1 amide bonds. The summed E-state index contributed by atoms with van der Waals surface area (Å²) in [6.45, 7) is 0. The number of pyridine rings is 2. The Labute approximate surface area is 164 Å². The standard InChI is InChI=1S/C22H14N4OS/c27-21(16-11-12-23-17-6-2-1-5-15(16)17)26-20-10-9-14(13-24-20)22-25-18-7-3-4-8-19(18)28-22/h1-13H,(H,24,26,27). The number of carbonyl (C=O) groups excluding carboxylic acids is 1. The van der Waals surface area contributed by atoms with E-state index in [0.717, 1.165) is 31.7 Å². The summed E-state index contributed by atoms with van der Waals surface area (Å²) in [6.07, 6.45) is 3.37. The zero-order valence-corrected chi connectivity index (χ0v) is 15.5. The van der Waals surface area contributed by atoms with Gasteiger partial charge in [0.25, 0.3) is 5.91 Å². The van der Waals surface area contributed by atoms with Gasteiger partial charge in [-0.25, -0.2) is 9.97 Å². The first-order valence-corrected chi connectivity index (χ1v) is 9.57. The number of hydrogen-bond acceptors (Lipinski definition) is 5. The molecule has 5 nitrogen and oxygen atoms in total. The van der Waals surface area contributed by atoms with Crippen molar-refractivity contribution >= 4 is 44.2 Å². The maximum absolute atomic E-state index is 12.7. The first-order valence-electron chi connectivity index (χ1n) is 8.75. The molecule has 0 aliphatic heterocycles. The highest BCUT2D eigenvalue weighted by Gasteiger charge is 2.12. The van der Waals surface area contributed by atoms with Gasteiger partial charge < -0.3 is 5.32 Å². The molecular weight excluding hydrogens is 368 g/mol. The van der Waals surface area contributed by atoms with Crippen LogP contribution in [0.1, 0.15) is 10.4 Å². The monoisotopic (exact) mass is 382 g/mol. The van der Waals surface area contributed by atoms with Crippen molar-refractivity contribution in [1.82, 2.24) is 15.0 Å². The van der Waals surface area contributed by atoms with Crippen LogP contribution < -0.4 is 5.32 Å². The topological polar surface area (TPSA) is 67.8 Å². The highest BCUT2D eigenvalue weighted by atomic mass is 32.1. The minimum atomic E-state index is -0.209. The third kappa shape index (κ3) is 3.00. The summed E-state index contributed by atoms with van der Waals surface area (Å²) in [4.78, 5) is 26.0. The summed E-state index contributed by atoms with van der Waals surface area (Å²) in [5.41, 5.74) is 3.26. The molecule has 0 aliphatic rings. The van der Waals surface area contributed by atoms with Crippen molar-refractivity contribution in [3.8, 4) is 10.6 Å². The van der Waals surface area contributed by atoms with Crippen LogP contribution in [0.4, 0.5) is 5.82 Å². The van der Waals surface area contributed by atoms with E-state index in [1.165, 1.54) is 0 Å². The lowest BCUT2D eigenvalue weighted by atomic mass is 10.1. The van der Waals surface area contributed by atoms with E-state index in [4.69, 9.17) is 0 Å². The lowest BCUT2D eigenvalue weighted by Crippen LogP contribution is -2.13. The van der Waals surface area contributed by atoms with Crippen molar-refractivity contribution in [1.29, 1.82) is 0 Å². The van der Waals surface area contributed by atoms with Gasteiger partial charge in [-0.2, -0.15) is 0 Å². The first kappa shape index (κ1) is 16.5. The Hall–Kier alpha value is -3.64. The highest BCUT2D eigenvalue weighted by molar-refractivity contribution is 7.21. The summed E-state index contributed by atoms with van der Waals surface area (Å²) in [5.74, 6) is 0.287. The Bertz CT molecular complexity index is 1270. The van der Waals surface area contributed by atoms with Crippen LogP contribution >= 0.6 is 11.3 Å². The molecule has 134 valence electrons. The molecule has 0 aliphatic carbocycles. The first-order chi connectivity index (χ1) is 13.8. The fourth-order valence-electron chi connectivity index (χ4n) is 3.07. The van der Waals surface area contributed by atoms with Crippen LogP contribution in [0.2, 0.25) is 0 Å². The molecule has 0 radical (unpaired) electrons. The molecule has 0 atom stereocenters. The molecule has 28 heavy (non-hydrogen) atoms. The van der Waals surface area contributed by atoms with Crippen LogP contribution in [-0.2, 0) is 0 Å². The summed E-state index contributed by atoms with van der Waals surface area (Å²) in [6, 6.07) is 21.0. The summed E-state index contributed by atoms with van der Waals surface area (Å²) in [7, 11) is 0. The predicted molar refractivity (Wildman–Crippen MR) is 113 cm³/mol. The fraction of sp³-hybridized carbons (Fsp3) is 0. The molecule has 5 aromatic rings. The minimum Gasteiger partial charge on any atom is -0.307 e. The predicted octanol–water partition coefficient (Wildman–Crippen LogP) is 5.16. The number of rotatable bonds is 3. The molecule has 0 fully saturated rings. The van der Waals surface area contributed by atoms with E-state index < -0.39 is 0 Å². The molecule has 6 heteroatoms.